The van der Waals surface area contributed by atoms with Gasteiger partial charge in [0.05, 0.1) is 0 Å². The van der Waals surface area contributed by atoms with Crippen LogP contribution in [0.15, 0.2) is 48.5 Å². The molecule has 2 rings (SSSR count). The van der Waals surface area contributed by atoms with Crippen molar-refractivity contribution >= 4 is 0 Å². The summed E-state index contributed by atoms with van der Waals surface area (Å²) in [6.07, 6.45) is 2.15. The fraction of sp³-hybridized carbons (Fsp3) is 0.333. The Labute approximate surface area is 120 Å². The van der Waals surface area contributed by atoms with Crippen LogP contribution < -0.4 is 5.73 Å². The van der Waals surface area contributed by atoms with Crippen molar-refractivity contribution in [1.29, 1.82) is 0 Å². The van der Waals surface area contributed by atoms with Crippen LogP contribution in [0.25, 0.3) is 11.1 Å². The molecule has 0 aromatic heterocycles. The van der Waals surface area contributed by atoms with Crippen molar-refractivity contribution in [2.75, 3.05) is 0 Å². The Morgan fingerprint density at radius 2 is 1.35 bits per heavy atom. The lowest BCUT2D eigenvalue weighted by molar-refractivity contribution is 0.569. The van der Waals surface area contributed by atoms with E-state index in [1.165, 1.54) is 17.7 Å². The summed E-state index contributed by atoms with van der Waals surface area (Å²) in [5.41, 5.74) is 9.29. The van der Waals surface area contributed by atoms with Crippen LogP contribution in [-0.2, 0) is 0 Å². The molecular formula is C18H22FN. The van der Waals surface area contributed by atoms with Gasteiger partial charge in [-0.1, -0.05) is 43.3 Å². The Kier molecular flexibility index (Phi) is 4.91. The third-order valence-corrected chi connectivity index (χ3v) is 3.71. The quantitative estimate of drug-likeness (QED) is 0.836. The molecule has 2 aromatic rings. The van der Waals surface area contributed by atoms with Crippen LogP contribution >= 0.6 is 0 Å². The number of rotatable bonds is 5. The van der Waals surface area contributed by atoms with Crippen molar-refractivity contribution in [2.45, 2.75) is 38.6 Å². The average molecular weight is 271 g/mol. The largest absolute Gasteiger partial charge is 0.328 e. The van der Waals surface area contributed by atoms with Crippen molar-refractivity contribution in [1.82, 2.24) is 0 Å². The van der Waals surface area contributed by atoms with Gasteiger partial charge < -0.3 is 5.73 Å². The summed E-state index contributed by atoms with van der Waals surface area (Å²) in [4.78, 5) is 0. The van der Waals surface area contributed by atoms with Crippen molar-refractivity contribution < 1.29 is 4.39 Å². The average Bonchev–Trinajstić information content (AvgIpc) is 2.46. The van der Waals surface area contributed by atoms with E-state index < -0.39 is 0 Å². The number of nitrogens with two attached hydrogens (primary N) is 1. The van der Waals surface area contributed by atoms with Gasteiger partial charge in [-0.25, -0.2) is 4.39 Å². The summed E-state index contributed by atoms with van der Waals surface area (Å²) < 4.78 is 12.9. The Balaban J connectivity index is 2.07. The standard InChI is InChI=1S/C18H22FN/c1-13(3-4-14(2)20)15-5-7-16(8-6-15)17-9-11-18(19)12-10-17/h5-14H,3-4,20H2,1-2H3. The van der Waals surface area contributed by atoms with Gasteiger partial charge in [-0.3, -0.25) is 0 Å². The summed E-state index contributed by atoms with van der Waals surface area (Å²) >= 11 is 0. The molecule has 0 radical (unpaired) electrons. The van der Waals surface area contributed by atoms with Crippen molar-refractivity contribution in [3.63, 3.8) is 0 Å². The summed E-state index contributed by atoms with van der Waals surface area (Å²) in [6, 6.07) is 15.4. The highest BCUT2D eigenvalue weighted by atomic mass is 19.1. The topological polar surface area (TPSA) is 26.0 Å². The predicted molar refractivity (Wildman–Crippen MR) is 83.1 cm³/mol. The zero-order valence-electron chi connectivity index (χ0n) is 12.1. The molecule has 2 unspecified atom stereocenters. The normalized spacial score (nSPS) is 14.0. The van der Waals surface area contributed by atoms with Crippen LogP contribution in [-0.4, -0.2) is 6.04 Å². The van der Waals surface area contributed by atoms with E-state index in [0.29, 0.717) is 5.92 Å². The van der Waals surface area contributed by atoms with Crippen LogP contribution in [0.5, 0.6) is 0 Å². The van der Waals surface area contributed by atoms with E-state index in [1.807, 2.05) is 19.1 Å². The minimum absolute atomic E-state index is 0.199. The van der Waals surface area contributed by atoms with Crippen molar-refractivity contribution in [2.24, 2.45) is 5.73 Å². The monoisotopic (exact) mass is 271 g/mol. The molecule has 0 heterocycles. The van der Waals surface area contributed by atoms with Gasteiger partial charge in [-0.2, -0.15) is 0 Å². The minimum atomic E-state index is -0.199. The highest BCUT2D eigenvalue weighted by Crippen LogP contribution is 2.25. The first-order valence-electron chi connectivity index (χ1n) is 7.17. The van der Waals surface area contributed by atoms with Gasteiger partial charge in [0.2, 0.25) is 0 Å². The van der Waals surface area contributed by atoms with E-state index in [0.717, 1.165) is 24.0 Å². The Morgan fingerprint density at radius 3 is 1.85 bits per heavy atom. The van der Waals surface area contributed by atoms with Crippen LogP contribution in [0.2, 0.25) is 0 Å². The molecule has 1 nitrogen and oxygen atoms in total. The Morgan fingerprint density at radius 1 is 0.850 bits per heavy atom. The van der Waals surface area contributed by atoms with Gasteiger partial charge in [-0.05, 0) is 54.5 Å². The molecule has 0 fully saturated rings. The van der Waals surface area contributed by atoms with Crippen LogP contribution in [0.3, 0.4) is 0 Å². The fourth-order valence-electron chi connectivity index (χ4n) is 2.33. The van der Waals surface area contributed by atoms with E-state index in [4.69, 9.17) is 5.73 Å². The minimum Gasteiger partial charge on any atom is -0.328 e. The lowest BCUT2D eigenvalue weighted by atomic mass is 9.93. The number of hydrogen-bond acceptors (Lipinski definition) is 1. The van der Waals surface area contributed by atoms with Crippen molar-refractivity contribution in [3.05, 3.63) is 59.9 Å². The van der Waals surface area contributed by atoms with E-state index in [2.05, 4.69) is 31.2 Å². The smallest absolute Gasteiger partial charge is 0.123 e. The predicted octanol–water partition coefficient (Wildman–Crippen LogP) is 4.72. The second-order valence-electron chi connectivity index (χ2n) is 5.58. The van der Waals surface area contributed by atoms with Crippen LogP contribution in [0, 0.1) is 5.82 Å². The SMILES string of the molecule is CC(N)CCC(C)c1ccc(-c2ccc(F)cc2)cc1. The maximum atomic E-state index is 12.9. The molecular weight excluding hydrogens is 249 g/mol. The van der Waals surface area contributed by atoms with Crippen LogP contribution in [0.4, 0.5) is 4.39 Å². The Hall–Kier alpha value is -1.67. The molecule has 0 aliphatic heterocycles. The molecule has 2 N–H and O–H groups in total. The molecule has 0 aliphatic rings. The van der Waals surface area contributed by atoms with E-state index >= 15 is 0 Å². The highest BCUT2D eigenvalue weighted by molar-refractivity contribution is 5.63. The van der Waals surface area contributed by atoms with Gasteiger partial charge >= 0.3 is 0 Å². The van der Waals surface area contributed by atoms with Gasteiger partial charge in [0, 0.05) is 6.04 Å². The van der Waals surface area contributed by atoms with E-state index in [1.54, 1.807) is 0 Å². The molecule has 2 aromatic carbocycles. The Bertz CT molecular complexity index is 528. The first kappa shape index (κ1) is 14.7. The van der Waals surface area contributed by atoms with E-state index in [-0.39, 0.29) is 11.9 Å². The summed E-state index contributed by atoms with van der Waals surface area (Å²) in [7, 11) is 0. The van der Waals surface area contributed by atoms with Crippen molar-refractivity contribution in [3.8, 4) is 11.1 Å². The van der Waals surface area contributed by atoms with Gasteiger partial charge in [0.15, 0.2) is 0 Å². The summed E-state index contributed by atoms with van der Waals surface area (Å²) in [5, 5.41) is 0. The maximum absolute atomic E-state index is 12.9. The molecule has 0 bridgehead atoms. The molecule has 2 heteroatoms. The number of halogens is 1. The molecule has 0 aliphatic carbocycles. The lowest BCUT2D eigenvalue weighted by Crippen LogP contribution is -2.15. The fourth-order valence-corrected chi connectivity index (χ4v) is 2.33. The molecule has 106 valence electrons. The molecule has 0 saturated carbocycles. The molecule has 0 amide bonds. The van der Waals surface area contributed by atoms with Gasteiger partial charge in [-0.15, -0.1) is 0 Å². The third-order valence-electron chi connectivity index (χ3n) is 3.71. The zero-order chi connectivity index (χ0) is 14.5. The molecule has 0 spiro atoms. The number of benzene rings is 2. The van der Waals surface area contributed by atoms with Gasteiger partial charge in [0.1, 0.15) is 5.82 Å². The second-order valence-corrected chi connectivity index (χ2v) is 5.58. The van der Waals surface area contributed by atoms with Crippen LogP contribution in [0.1, 0.15) is 38.2 Å². The molecule has 0 saturated heterocycles. The van der Waals surface area contributed by atoms with E-state index in [9.17, 15) is 4.39 Å². The molecule has 2 atom stereocenters. The zero-order valence-corrected chi connectivity index (χ0v) is 12.1. The first-order valence-corrected chi connectivity index (χ1v) is 7.17. The summed E-state index contributed by atoms with van der Waals surface area (Å²) in [5.74, 6) is 0.318. The lowest BCUT2D eigenvalue weighted by Gasteiger charge is -2.14. The summed E-state index contributed by atoms with van der Waals surface area (Å²) in [6.45, 7) is 4.28. The number of hydrogen-bond donors (Lipinski definition) is 1. The highest BCUT2D eigenvalue weighted by Gasteiger charge is 2.07. The maximum Gasteiger partial charge on any atom is 0.123 e. The molecule has 20 heavy (non-hydrogen) atoms. The second kappa shape index (κ2) is 6.67. The first-order chi connectivity index (χ1) is 9.56. The third kappa shape index (κ3) is 3.91. The van der Waals surface area contributed by atoms with Gasteiger partial charge in [0.25, 0.3) is 0 Å².